The third-order valence-corrected chi connectivity index (χ3v) is 8.88. The number of fused-ring (bicyclic) bond motifs is 5. The fourth-order valence-electron chi connectivity index (χ4n) is 5.60. The van der Waals surface area contributed by atoms with Gasteiger partial charge in [0.25, 0.3) is 0 Å². The highest BCUT2D eigenvalue weighted by Crippen LogP contribution is 2.46. The highest BCUT2D eigenvalue weighted by molar-refractivity contribution is 7.91. The van der Waals surface area contributed by atoms with Crippen LogP contribution < -0.4 is 4.90 Å². The van der Waals surface area contributed by atoms with Crippen molar-refractivity contribution in [2.24, 2.45) is 0 Å². The second kappa shape index (κ2) is 8.12. The Hall–Kier alpha value is -2.27. The summed E-state index contributed by atoms with van der Waals surface area (Å²) >= 11 is 6.13. The first-order valence-corrected chi connectivity index (χ1v) is 13.9. The van der Waals surface area contributed by atoms with Gasteiger partial charge in [-0.1, -0.05) is 25.4 Å². The maximum atomic E-state index is 15.2. The topological polar surface area (TPSA) is 106 Å². The van der Waals surface area contributed by atoms with E-state index < -0.39 is 26.4 Å². The van der Waals surface area contributed by atoms with Crippen molar-refractivity contribution < 1.29 is 22.3 Å². The number of hydrogen-bond acceptors (Lipinski definition) is 8. The summed E-state index contributed by atoms with van der Waals surface area (Å²) in [6.45, 7) is 9.40. The number of ether oxygens (including phenoxy) is 1. The molecule has 0 aliphatic carbocycles. The number of carbonyl (C=O) groups is 1. The molecule has 190 valence electrons. The average Bonchev–Trinajstić information content (AvgIpc) is 3.06. The van der Waals surface area contributed by atoms with Crippen molar-refractivity contribution in [2.45, 2.75) is 88.7 Å². The summed E-state index contributed by atoms with van der Waals surface area (Å²) in [6.07, 6.45) is 1.82. The van der Waals surface area contributed by atoms with Gasteiger partial charge in [0.2, 0.25) is 15.0 Å². The summed E-state index contributed by atoms with van der Waals surface area (Å²) in [5.41, 5.74) is -0.219. The molecular formula is C23H29ClFN5O4S. The van der Waals surface area contributed by atoms with Crippen molar-refractivity contribution >= 4 is 44.3 Å². The number of anilines is 1. The third-order valence-electron chi connectivity index (χ3n) is 7.13. The Bertz CT molecular complexity index is 1330. The Morgan fingerprint density at radius 3 is 2.57 bits per heavy atom. The minimum Gasteiger partial charge on any atom is -0.444 e. The molecule has 3 aliphatic rings. The molecule has 2 bridgehead atoms. The molecule has 2 aromatic rings. The molecule has 5 rings (SSSR count). The highest BCUT2D eigenvalue weighted by Gasteiger charge is 2.52. The first-order valence-electron chi connectivity index (χ1n) is 11.9. The summed E-state index contributed by atoms with van der Waals surface area (Å²) in [4.78, 5) is 30.0. The SMILES string of the molecule is CCS(=O)(=O)c1nc2c3c(nc(Cl)c(F)c3n1)[C@@H](C)C[C@@H]1[C@@H]3CC[C@H](CN21)N3C(=O)OC(C)(C)C. The van der Waals surface area contributed by atoms with E-state index in [9.17, 15) is 13.2 Å². The minimum absolute atomic E-state index is 0.133. The molecule has 0 aromatic carbocycles. The Balaban J connectivity index is 1.69. The van der Waals surface area contributed by atoms with E-state index in [0.717, 1.165) is 12.8 Å². The number of rotatable bonds is 2. The van der Waals surface area contributed by atoms with Gasteiger partial charge in [-0.3, -0.25) is 4.90 Å². The molecule has 12 heteroatoms. The van der Waals surface area contributed by atoms with Gasteiger partial charge in [0.1, 0.15) is 16.9 Å². The van der Waals surface area contributed by atoms with Gasteiger partial charge >= 0.3 is 6.09 Å². The number of sulfone groups is 1. The van der Waals surface area contributed by atoms with Gasteiger partial charge in [0.05, 0.1) is 35.0 Å². The summed E-state index contributed by atoms with van der Waals surface area (Å²) in [7, 11) is -3.82. The lowest BCUT2D eigenvalue weighted by Gasteiger charge is -2.47. The molecule has 1 amide bonds. The first-order chi connectivity index (χ1) is 16.3. The van der Waals surface area contributed by atoms with Gasteiger partial charge in [0.15, 0.2) is 11.0 Å². The van der Waals surface area contributed by atoms with Crippen LogP contribution in [0.3, 0.4) is 0 Å². The Morgan fingerprint density at radius 2 is 1.91 bits per heavy atom. The lowest BCUT2D eigenvalue weighted by Crippen LogP contribution is -2.62. The number of pyridine rings is 1. The van der Waals surface area contributed by atoms with E-state index in [1.165, 1.54) is 6.92 Å². The van der Waals surface area contributed by atoms with Gasteiger partial charge in [-0.15, -0.1) is 0 Å². The van der Waals surface area contributed by atoms with Crippen LogP contribution in [0.4, 0.5) is 15.0 Å². The van der Waals surface area contributed by atoms with Crippen LogP contribution in [0.2, 0.25) is 5.15 Å². The van der Waals surface area contributed by atoms with E-state index in [4.69, 9.17) is 16.3 Å². The van der Waals surface area contributed by atoms with Crippen LogP contribution in [0, 0.1) is 5.82 Å². The van der Waals surface area contributed by atoms with Crippen LogP contribution in [0.1, 0.15) is 65.5 Å². The molecule has 2 aromatic heterocycles. The largest absolute Gasteiger partial charge is 0.444 e. The Kier molecular flexibility index (Phi) is 5.67. The quantitative estimate of drug-likeness (QED) is 0.426. The van der Waals surface area contributed by atoms with Crippen molar-refractivity contribution in [3.8, 4) is 0 Å². The average molecular weight is 526 g/mol. The second-order valence-corrected chi connectivity index (χ2v) is 13.1. The standard InChI is InChI=1S/C23H29ClFN5O4S/c1-6-35(32,33)21-27-18-15-17(26-19(24)16(18)25)11(2)9-14-13-8-7-12(10-29(14)20(15)28-21)30(13)22(31)34-23(3,4)5/h11-14H,6-10H2,1-5H3/t11-,12+,13-,14+/m0/s1. The van der Waals surface area contributed by atoms with Gasteiger partial charge in [-0.2, -0.15) is 0 Å². The Morgan fingerprint density at radius 1 is 1.20 bits per heavy atom. The van der Waals surface area contributed by atoms with E-state index in [1.54, 1.807) is 0 Å². The number of hydrogen-bond donors (Lipinski definition) is 0. The van der Waals surface area contributed by atoms with Gasteiger partial charge in [0, 0.05) is 12.5 Å². The molecular weight excluding hydrogens is 497 g/mol. The fourth-order valence-corrected chi connectivity index (χ4v) is 6.50. The molecule has 2 fully saturated rings. The lowest BCUT2D eigenvalue weighted by atomic mass is 9.92. The smallest absolute Gasteiger partial charge is 0.410 e. The summed E-state index contributed by atoms with van der Waals surface area (Å²) in [5, 5.41) is -0.382. The second-order valence-electron chi connectivity index (χ2n) is 10.6. The number of carbonyl (C=O) groups excluding carboxylic acids is 1. The fraction of sp³-hybridized carbons (Fsp3) is 0.652. The zero-order valence-electron chi connectivity index (χ0n) is 20.4. The van der Waals surface area contributed by atoms with Crippen molar-refractivity contribution in [3.63, 3.8) is 0 Å². The van der Waals surface area contributed by atoms with E-state index in [-0.39, 0.29) is 46.6 Å². The monoisotopic (exact) mass is 525 g/mol. The van der Waals surface area contributed by atoms with Crippen LogP contribution in [-0.4, -0.2) is 70.4 Å². The summed E-state index contributed by atoms with van der Waals surface area (Å²) < 4.78 is 46.4. The molecule has 35 heavy (non-hydrogen) atoms. The molecule has 2 saturated heterocycles. The normalized spacial score (nSPS) is 26.0. The molecule has 9 nitrogen and oxygen atoms in total. The molecule has 0 unspecified atom stereocenters. The zero-order chi connectivity index (χ0) is 25.4. The molecule has 0 N–H and O–H groups in total. The maximum absolute atomic E-state index is 15.2. The molecule has 0 saturated carbocycles. The highest BCUT2D eigenvalue weighted by atomic mass is 35.5. The molecule has 3 aliphatic heterocycles. The van der Waals surface area contributed by atoms with Gasteiger partial charge < -0.3 is 9.64 Å². The first kappa shape index (κ1) is 24.4. The summed E-state index contributed by atoms with van der Waals surface area (Å²) in [6, 6.07) is -0.469. The Labute approximate surface area is 208 Å². The summed E-state index contributed by atoms with van der Waals surface area (Å²) in [5.74, 6) is -0.889. The molecule has 0 radical (unpaired) electrons. The predicted molar refractivity (Wildman–Crippen MR) is 129 cm³/mol. The van der Waals surface area contributed by atoms with Crippen LogP contribution in [0.25, 0.3) is 10.9 Å². The van der Waals surface area contributed by atoms with E-state index in [0.29, 0.717) is 29.9 Å². The predicted octanol–water partition coefficient (Wildman–Crippen LogP) is 4.07. The van der Waals surface area contributed by atoms with Crippen LogP contribution in [-0.2, 0) is 14.6 Å². The number of aromatic nitrogens is 3. The molecule has 0 spiro atoms. The number of nitrogens with zero attached hydrogens (tertiary/aromatic N) is 5. The number of halogens is 2. The zero-order valence-corrected chi connectivity index (χ0v) is 22.0. The van der Waals surface area contributed by atoms with Crippen molar-refractivity contribution in [1.82, 2.24) is 19.9 Å². The molecule has 4 atom stereocenters. The minimum atomic E-state index is -3.82. The van der Waals surface area contributed by atoms with Crippen molar-refractivity contribution in [1.29, 1.82) is 0 Å². The van der Waals surface area contributed by atoms with Crippen molar-refractivity contribution in [3.05, 3.63) is 16.7 Å². The lowest BCUT2D eigenvalue weighted by molar-refractivity contribution is 0.00693. The number of piperazine rings is 1. The maximum Gasteiger partial charge on any atom is 0.410 e. The van der Waals surface area contributed by atoms with Crippen LogP contribution in [0.15, 0.2) is 5.16 Å². The van der Waals surface area contributed by atoms with Gasteiger partial charge in [-0.05, 0) is 40.0 Å². The van der Waals surface area contributed by atoms with Crippen LogP contribution in [0.5, 0.6) is 0 Å². The third kappa shape index (κ3) is 3.91. The molecule has 5 heterocycles. The van der Waals surface area contributed by atoms with E-state index in [1.807, 2.05) is 37.5 Å². The van der Waals surface area contributed by atoms with E-state index in [2.05, 4.69) is 15.0 Å². The number of amides is 1. The van der Waals surface area contributed by atoms with Crippen LogP contribution >= 0.6 is 11.6 Å². The van der Waals surface area contributed by atoms with E-state index >= 15 is 4.39 Å². The van der Waals surface area contributed by atoms with Gasteiger partial charge in [-0.25, -0.2) is 32.6 Å². The van der Waals surface area contributed by atoms with Crippen molar-refractivity contribution in [2.75, 3.05) is 17.2 Å².